The number of sulfonamides is 1. The molecule has 0 unspecified atom stereocenters. The van der Waals surface area contributed by atoms with Gasteiger partial charge in [0.1, 0.15) is 6.54 Å². The molecule has 1 N–H and O–H groups in total. The summed E-state index contributed by atoms with van der Waals surface area (Å²) in [7, 11) is -3.88. The van der Waals surface area contributed by atoms with Crippen molar-refractivity contribution in [3.8, 4) is 0 Å². The number of halogens is 1. The summed E-state index contributed by atoms with van der Waals surface area (Å²) in [5, 5.41) is 2.93. The number of hydrogen-bond acceptors (Lipinski definition) is 3. The topological polar surface area (TPSA) is 66.5 Å². The van der Waals surface area contributed by atoms with Crippen molar-refractivity contribution in [3.63, 3.8) is 0 Å². The second-order valence-corrected chi connectivity index (χ2v) is 10.3. The van der Waals surface area contributed by atoms with Crippen molar-refractivity contribution in [2.24, 2.45) is 5.92 Å². The molecule has 0 saturated carbocycles. The van der Waals surface area contributed by atoms with Crippen molar-refractivity contribution in [3.05, 3.63) is 58.6 Å². The Labute approximate surface area is 189 Å². The molecule has 7 heteroatoms. The lowest BCUT2D eigenvalue weighted by Gasteiger charge is -2.25. The zero-order chi connectivity index (χ0) is 22.1. The zero-order valence-electron chi connectivity index (χ0n) is 17.9. The first-order valence-corrected chi connectivity index (χ1v) is 12.6. The Bertz CT molecular complexity index is 912. The van der Waals surface area contributed by atoms with Crippen LogP contribution in [0.15, 0.2) is 57.9 Å². The van der Waals surface area contributed by atoms with Gasteiger partial charge in [0, 0.05) is 11.0 Å². The fourth-order valence-corrected chi connectivity index (χ4v) is 4.83. The lowest BCUT2D eigenvalue weighted by atomic mass is 9.99. The van der Waals surface area contributed by atoms with Crippen LogP contribution in [0, 0.1) is 12.8 Å². The van der Waals surface area contributed by atoms with E-state index in [0.717, 1.165) is 35.7 Å². The molecule has 0 aromatic heterocycles. The van der Waals surface area contributed by atoms with E-state index in [-0.39, 0.29) is 17.3 Å². The number of rotatable bonds is 11. The number of hydrogen-bond donors (Lipinski definition) is 1. The van der Waals surface area contributed by atoms with Gasteiger partial charge in [-0.15, -0.1) is 0 Å². The third kappa shape index (κ3) is 6.84. The van der Waals surface area contributed by atoms with Crippen LogP contribution in [-0.2, 0) is 14.8 Å². The molecule has 2 aromatic carbocycles. The fraction of sp³-hybridized carbons (Fsp3) is 0.435. The molecule has 2 aromatic rings. The molecule has 1 atom stereocenters. The molecular formula is C23H31BrN2O3S. The van der Waals surface area contributed by atoms with Gasteiger partial charge >= 0.3 is 0 Å². The molecule has 0 heterocycles. The number of anilines is 1. The molecule has 0 fully saturated rings. The van der Waals surface area contributed by atoms with Gasteiger partial charge in [0.25, 0.3) is 10.0 Å². The molecule has 164 valence electrons. The summed E-state index contributed by atoms with van der Waals surface area (Å²) in [5.74, 6) is 0.104. The lowest BCUT2D eigenvalue weighted by Crippen LogP contribution is -2.42. The SMILES string of the molecule is CCCC[C@@H](CC)CNC(=O)CN(c1ccc(Br)cc1)S(=O)(=O)c1ccc(C)cc1. The first-order valence-electron chi connectivity index (χ1n) is 10.4. The van der Waals surface area contributed by atoms with Crippen LogP contribution in [0.3, 0.4) is 0 Å². The van der Waals surface area contributed by atoms with E-state index in [4.69, 9.17) is 0 Å². The highest BCUT2D eigenvalue weighted by molar-refractivity contribution is 9.10. The quantitative estimate of drug-likeness (QED) is 0.461. The molecule has 0 spiro atoms. The summed E-state index contributed by atoms with van der Waals surface area (Å²) < 4.78 is 28.7. The van der Waals surface area contributed by atoms with Crippen LogP contribution in [0.2, 0.25) is 0 Å². The van der Waals surface area contributed by atoms with E-state index < -0.39 is 10.0 Å². The van der Waals surface area contributed by atoms with Gasteiger partial charge in [-0.2, -0.15) is 0 Å². The zero-order valence-corrected chi connectivity index (χ0v) is 20.3. The number of aryl methyl sites for hydroxylation is 1. The predicted molar refractivity (Wildman–Crippen MR) is 126 cm³/mol. The number of carbonyl (C=O) groups excluding carboxylic acids is 1. The normalized spacial score (nSPS) is 12.4. The molecule has 0 aliphatic carbocycles. The monoisotopic (exact) mass is 494 g/mol. The van der Waals surface area contributed by atoms with Crippen molar-refractivity contribution in [1.29, 1.82) is 0 Å². The van der Waals surface area contributed by atoms with Crippen LogP contribution in [-0.4, -0.2) is 27.4 Å². The molecule has 1 amide bonds. The van der Waals surface area contributed by atoms with E-state index in [2.05, 4.69) is 35.1 Å². The van der Waals surface area contributed by atoms with Crippen LogP contribution >= 0.6 is 15.9 Å². The summed E-state index contributed by atoms with van der Waals surface area (Å²) in [6.07, 6.45) is 4.29. The maximum atomic E-state index is 13.3. The Kier molecular flexibility index (Phi) is 9.37. The van der Waals surface area contributed by atoms with Gasteiger partial charge in [0.2, 0.25) is 5.91 Å². The first-order chi connectivity index (χ1) is 14.3. The average Bonchev–Trinajstić information content (AvgIpc) is 2.73. The molecule has 0 bridgehead atoms. The molecular weight excluding hydrogens is 464 g/mol. The van der Waals surface area contributed by atoms with Crippen LogP contribution in [0.1, 0.15) is 45.1 Å². The van der Waals surface area contributed by atoms with Crippen molar-refractivity contribution in [1.82, 2.24) is 5.32 Å². The van der Waals surface area contributed by atoms with Gasteiger partial charge in [-0.05, 0) is 55.7 Å². The Balaban J connectivity index is 2.23. The van der Waals surface area contributed by atoms with Gasteiger partial charge in [-0.1, -0.05) is 66.7 Å². The maximum Gasteiger partial charge on any atom is 0.264 e. The van der Waals surface area contributed by atoms with Crippen LogP contribution < -0.4 is 9.62 Å². The maximum absolute atomic E-state index is 13.3. The van der Waals surface area contributed by atoms with Gasteiger partial charge in [-0.25, -0.2) is 8.42 Å². The third-order valence-electron chi connectivity index (χ3n) is 5.14. The molecule has 2 rings (SSSR count). The van der Waals surface area contributed by atoms with Crippen LogP contribution in [0.4, 0.5) is 5.69 Å². The summed E-state index contributed by atoms with van der Waals surface area (Å²) >= 11 is 3.37. The minimum Gasteiger partial charge on any atom is -0.354 e. The van der Waals surface area contributed by atoms with E-state index in [1.165, 1.54) is 4.31 Å². The first kappa shape index (κ1) is 24.4. The molecule has 0 radical (unpaired) electrons. The standard InChI is InChI=1S/C23H31BrN2O3S/c1-4-6-7-19(5-2)16-25-23(27)17-26(21-12-10-20(24)11-13-21)30(28,29)22-14-8-18(3)9-15-22/h8-15,19H,4-7,16-17H2,1-3H3,(H,25,27)/t19-/m1/s1. The van der Waals surface area contributed by atoms with E-state index in [1.54, 1.807) is 48.5 Å². The number of benzene rings is 2. The smallest absolute Gasteiger partial charge is 0.264 e. The number of nitrogens with one attached hydrogen (secondary N) is 1. The third-order valence-corrected chi connectivity index (χ3v) is 7.46. The Morgan fingerprint density at radius 1 is 1.07 bits per heavy atom. The second kappa shape index (κ2) is 11.5. The fourth-order valence-electron chi connectivity index (χ4n) is 3.15. The number of amides is 1. The van der Waals surface area contributed by atoms with Crippen molar-refractivity contribution >= 4 is 37.5 Å². The number of nitrogens with zero attached hydrogens (tertiary/aromatic N) is 1. The molecule has 5 nitrogen and oxygen atoms in total. The van der Waals surface area contributed by atoms with E-state index >= 15 is 0 Å². The van der Waals surface area contributed by atoms with E-state index in [0.29, 0.717) is 18.2 Å². The van der Waals surface area contributed by atoms with Crippen LogP contribution in [0.5, 0.6) is 0 Å². The predicted octanol–water partition coefficient (Wildman–Crippen LogP) is 5.29. The Hall–Kier alpha value is -1.86. The average molecular weight is 495 g/mol. The minimum atomic E-state index is -3.88. The van der Waals surface area contributed by atoms with E-state index in [9.17, 15) is 13.2 Å². The summed E-state index contributed by atoms with van der Waals surface area (Å²) in [6.45, 7) is 6.47. The van der Waals surface area contributed by atoms with Crippen molar-refractivity contribution in [2.45, 2.75) is 51.3 Å². The Morgan fingerprint density at radius 2 is 1.70 bits per heavy atom. The number of carbonyl (C=O) groups is 1. The van der Waals surface area contributed by atoms with E-state index in [1.807, 2.05) is 6.92 Å². The largest absolute Gasteiger partial charge is 0.354 e. The van der Waals surface area contributed by atoms with Crippen molar-refractivity contribution in [2.75, 3.05) is 17.4 Å². The van der Waals surface area contributed by atoms with Gasteiger partial charge in [-0.3, -0.25) is 9.10 Å². The van der Waals surface area contributed by atoms with Gasteiger partial charge in [0.05, 0.1) is 10.6 Å². The highest BCUT2D eigenvalue weighted by atomic mass is 79.9. The van der Waals surface area contributed by atoms with Crippen molar-refractivity contribution < 1.29 is 13.2 Å². The molecule has 0 saturated heterocycles. The van der Waals surface area contributed by atoms with Gasteiger partial charge < -0.3 is 5.32 Å². The molecule has 0 aliphatic heterocycles. The Morgan fingerprint density at radius 3 is 2.27 bits per heavy atom. The lowest BCUT2D eigenvalue weighted by molar-refractivity contribution is -0.119. The molecule has 30 heavy (non-hydrogen) atoms. The summed E-state index contributed by atoms with van der Waals surface area (Å²) in [6, 6.07) is 13.6. The highest BCUT2D eigenvalue weighted by Gasteiger charge is 2.27. The highest BCUT2D eigenvalue weighted by Crippen LogP contribution is 2.25. The van der Waals surface area contributed by atoms with Gasteiger partial charge in [0.15, 0.2) is 0 Å². The number of unbranched alkanes of at least 4 members (excludes halogenated alkanes) is 1. The summed E-state index contributed by atoms with van der Waals surface area (Å²) in [5.41, 5.74) is 1.42. The second-order valence-electron chi connectivity index (χ2n) is 7.52. The minimum absolute atomic E-state index is 0.165. The van der Waals surface area contributed by atoms with Crippen LogP contribution in [0.25, 0.3) is 0 Å². The molecule has 0 aliphatic rings. The summed E-state index contributed by atoms with van der Waals surface area (Å²) in [4.78, 5) is 12.9.